The van der Waals surface area contributed by atoms with Crippen LogP contribution in [0.15, 0.2) is 21.4 Å². The van der Waals surface area contributed by atoms with Gasteiger partial charge in [-0.2, -0.15) is 0 Å². The van der Waals surface area contributed by atoms with E-state index in [1.54, 1.807) is 22.7 Å². The monoisotopic (exact) mass is 279 g/mol. The van der Waals surface area contributed by atoms with Gasteiger partial charge in [0, 0.05) is 5.38 Å². The van der Waals surface area contributed by atoms with Crippen molar-refractivity contribution in [3.05, 3.63) is 25.8 Å². The number of halogens is 2. The third-order valence-electron chi connectivity index (χ3n) is 1.30. The first-order valence-electron chi connectivity index (χ1n) is 3.12. The van der Waals surface area contributed by atoms with Gasteiger partial charge in [-0.25, -0.2) is 4.98 Å². The van der Waals surface area contributed by atoms with Crippen molar-refractivity contribution < 1.29 is 0 Å². The summed E-state index contributed by atoms with van der Waals surface area (Å²) < 4.78 is 1.70. The summed E-state index contributed by atoms with van der Waals surface area (Å²) in [5.74, 6) is 0. The first kappa shape index (κ1) is 8.69. The fraction of sp³-hybridized carbons (Fsp3) is 0. The normalized spacial score (nSPS) is 10.5. The average molecular weight is 281 g/mol. The van der Waals surface area contributed by atoms with Gasteiger partial charge in [0.05, 0.1) is 14.9 Å². The molecular formula is C7H3BrClNS2. The van der Waals surface area contributed by atoms with Crippen LogP contribution in [-0.2, 0) is 0 Å². The highest BCUT2D eigenvalue weighted by Crippen LogP contribution is 2.32. The standard InChI is InChI=1S/C7H3BrClNS2/c8-7-10-4(3-11-7)5-1-2-6(9)12-5/h1-3H. The zero-order valence-electron chi connectivity index (χ0n) is 5.75. The summed E-state index contributed by atoms with van der Waals surface area (Å²) in [6, 6.07) is 3.86. The first-order valence-corrected chi connectivity index (χ1v) is 5.99. The Morgan fingerprint density at radius 3 is 2.75 bits per heavy atom. The molecule has 0 unspecified atom stereocenters. The van der Waals surface area contributed by atoms with Gasteiger partial charge in [0.25, 0.3) is 0 Å². The Morgan fingerprint density at radius 2 is 2.25 bits per heavy atom. The molecular weight excluding hydrogens is 278 g/mol. The van der Waals surface area contributed by atoms with Gasteiger partial charge in [-0.3, -0.25) is 0 Å². The molecule has 0 bridgehead atoms. The molecule has 0 aliphatic heterocycles. The van der Waals surface area contributed by atoms with Crippen LogP contribution in [0.3, 0.4) is 0 Å². The smallest absolute Gasteiger partial charge is 0.159 e. The van der Waals surface area contributed by atoms with E-state index >= 15 is 0 Å². The number of aromatic nitrogens is 1. The zero-order chi connectivity index (χ0) is 8.55. The van der Waals surface area contributed by atoms with Crippen LogP contribution in [0.25, 0.3) is 10.6 Å². The van der Waals surface area contributed by atoms with Crippen molar-refractivity contribution in [2.75, 3.05) is 0 Å². The molecule has 0 fully saturated rings. The minimum absolute atomic E-state index is 0.800. The molecule has 2 rings (SSSR count). The number of hydrogen-bond donors (Lipinski definition) is 0. The van der Waals surface area contributed by atoms with Gasteiger partial charge in [-0.15, -0.1) is 22.7 Å². The van der Waals surface area contributed by atoms with Crippen LogP contribution in [0.1, 0.15) is 0 Å². The fourth-order valence-corrected chi connectivity index (χ4v) is 2.91. The van der Waals surface area contributed by atoms with Gasteiger partial charge in [-0.05, 0) is 28.1 Å². The van der Waals surface area contributed by atoms with Crippen molar-refractivity contribution >= 4 is 50.2 Å². The Labute approximate surface area is 91.2 Å². The predicted molar refractivity (Wildman–Crippen MR) is 58.1 cm³/mol. The topological polar surface area (TPSA) is 12.9 Å². The molecule has 62 valence electrons. The molecule has 2 aromatic heterocycles. The fourth-order valence-electron chi connectivity index (χ4n) is 0.817. The Kier molecular flexibility index (Phi) is 2.50. The molecule has 5 heteroatoms. The molecule has 0 saturated heterocycles. The Balaban J connectivity index is 2.43. The molecule has 0 aliphatic carbocycles. The van der Waals surface area contributed by atoms with Crippen molar-refractivity contribution in [1.29, 1.82) is 0 Å². The lowest BCUT2D eigenvalue weighted by molar-refractivity contribution is 1.39. The third kappa shape index (κ3) is 1.71. The maximum absolute atomic E-state index is 5.80. The van der Waals surface area contributed by atoms with Crippen LogP contribution in [0.4, 0.5) is 0 Å². The number of thiophene rings is 1. The van der Waals surface area contributed by atoms with E-state index in [-0.39, 0.29) is 0 Å². The number of rotatable bonds is 1. The van der Waals surface area contributed by atoms with Crippen LogP contribution in [-0.4, -0.2) is 4.98 Å². The largest absolute Gasteiger partial charge is 0.228 e. The Bertz CT molecular complexity index is 357. The highest BCUT2D eigenvalue weighted by molar-refractivity contribution is 9.11. The summed E-state index contributed by atoms with van der Waals surface area (Å²) in [6.45, 7) is 0. The van der Waals surface area contributed by atoms with E-state index in [0.29, 0.717) is 0 Å². The second-order valence-electron chi connectivity index (χ2n) is 2.09. The molecule has 12 heavy (non-hydrogen) atoms. The molecule has 0 N–H and O–H groups in total. The van der Waals surface area contributed by atoms with E-state index in [1.165, 1.54) is 0 Å². The molecule has 0 amide bonds. The summed E-state index contributed by atoms with van der Waals surface area (Å²) in [4.78, 5) is 5.39. The van der Waals surface area contributed by atoms with Gasteiger partial charge in [0.15, 0.2) is 3.92 Å². The highest BCUT2D eigenvalue weighted by atomic mass is 79.9. The summed E-state index contributed by atoms with van der Waals surface area (Å²) in [6.07, 6.45) is 0. The summed E-state index contributed by atoms with van der Waals surface area (Å²) in [5.41, 5.74) is 0.990. The second-order valence-corrected chi connectivity index (χ2v) is 5.94. The van der Waals surface area contributed by atoms with E-state index < -0.39 is 0 Å². The lowest BCUT2D eigenvalue weighted by Gasteiger charge is -1.85. The molecule has 0 saturated carbocycles. The van der Waals surface area contributed by atoms with Gasteiger partial charge in [0.2, 0.25) is 0 Å². The molecule has 0 aliphatic rings. The zero-order valence-corrected chi connectivity index (χ0v) is 9.73. The second kappa shape index (κ2) is 3.46. The number of hydrogen-bond acceptors (Lipinski definition) is 3. The van der Waals surface area contributed by atoms with Crippen LogP contribution >= 0.6 is 50.2 Å². The first-order chi connectivity index (χ1) is 5.75. The lowest BCUT2D eigenvalue weighted by Crippen LogP contribution is -1.67. The minimum Gasteiger partial charge on any atom is -0.228 e. The number of thiazole rings is 1. The van der Waals surface area contributed by atoms with E-state index in [2.05, 4.69) is 20.9 Å². The van der Waals surface area contributed by atoms with Crippen molar-refractivity contribution in [2.24, 2.45) is 0 Å². The van der Waals surface area contributed by atoms with E-state index in [4.69, 9.17) is 11.6 Å². The summed E-state index contributed by atoms with van der Waals surface area (Å²) >= 11 is 12.2. The predicted octanol–water partition coefficient (Wildman–Crippen LogP) is 4.29. The molecule has 0 spiro atoms. The number of nitrogens with zero attached hydrogens (tertiary/aromatic N) is 1. The molecule has 0 aromatic carbocycles. The van der Waals surface area contributed by atoms with Gasteiger partial charge in [-0.1, -0.05) is 11.6 Å². The van der Waals surface area contributed by atoms with Crippen LogP contribution in [0.2, 0.25) is 4.34 Å². The van der Waals surface area contributed by atoms with E-state index in [9.17, 15) is 0 Å². The molecule has 1 nitrogen and oxygen atoms in total. The van der Waals surface area contributed by atoms with Crippen molar-refractivity contribution in [1.82, 2.24) is 4.98 Å². The van der Waals surface area contributed by atoms with Gasteiger partial charge >= 0.3 is 0 Å². The maximum Gasteiger partial charge on any atom is 0.159 e. The SMILES string of the molecule is Clc1ccc(-c2csc(Br)n2)s1. The Morgan fingerprint density at radius 1 is 1.42 bits per heavy atom. The molecule has 0 atom stereocenters. The van der Waals surface area contributed by atoms with Gasteiger partial charge in [0.1, 0.15) is 0 Å². The summed E-state index contributed by atoms with van der Waals surface area (Å²) in [7, 11) is 0. The lowest BCUT2D eigenvalue weighted by atomic mass is 10.4. The van der Waals surface area contributed by atoms with E-state index in [0.717, 1.165) is 18.8 Å². The summed E-state index contributed by atoms with van der Waals surface area (Å²) in [5, 5.41) is 2.01. The van der Waals surface area contributed by atoms with Crippen molar-refractivity contribution in [3.8, 4) is 10.6 Å². The third-order valence-corrected chi connectivity index (χ3v) is 3.92. The maximum atomic E-state index is 5.80. The van der Waals surface area contributed by atoms with Crippen molar-refractivity contribution in [2.45, 2.75) is 0 Å². The highest BCUT2D eigenvalue weighted by Gasteiger charge is 2.04. The van der Waals surface area contributed by atoms with Crippen LogP contribution in [0, 0.1) is 0 Å². The van der Waals surface area contributed by atoms with E-state index in [1.807, 2.05) is 17.5 Å². The Hall–Kier alpha value is 0.1000. The minimum atomic E-state index is 0.800. The quantitative estimate of drug-likeness (QED) is 0.759. The molecule has 2 aromatic rings. The molecule has 0 radical (unpaired) electrons. The van der Waals surface area contributed by atoms with Crippen LogP contribution < -0.4 is 0 Å². The average Bonchev–Trinajstić information content (AvgIpc) is 2.58. The van der Waals surface area contributed by atoms with Gasteiger partial charge < -0.3 is 0 Å². The van der Waals surface area contributed by atoms with Crippen LogP contribution in [0.5, 0.6) is 0 Å². The van der Waals surface area contributed by atoms with Crippen molar-refractivity contribution in [3.63, 3.8) is 0 Å². The molecule has 2 heterocycles.